The molecule has 1 aliphatic rings. The molecule has 0 spiro atoms. The largest absolute Gasteiger partial charge is 0.375 e. The van der Waals surface area contributed by atoms with E-state index in [0.29, 0.717) is 6.04 Å². The molecule has 2 nitrogen and oxygen atoms in total. The van der Waals surface area contributed by atoms with Crippen LogP contribution in [0.3, 0.4) is 0 Å². The van der Waals surface area contributed by atoms with Gasteiger partial charge in [-0.25, -0.2) is 0 Å². The van der Waals surface area contributed by atoms with Crippen LogP contribution < -0.4 is 5.32 Å². The van der Waals surface area contributed by atoms with E-state index in [9.17, 15) is 0 Å². The Kier molecular flexibility index (Phi) is 3.23. The van der Waals surface area contributed by atoms with E-state index < -0.39 is 0 Å². The van der Waals surface area contributed by atoms with Gasteiger partial charge in [-0.1, -0.05) is 36.4 Å². The Morgan fingerprint density at radius 2 is 1.86 bits per heavy atom. The third-order valence-electron chi connectivity index (χ3n) is 4.44. The summed E-state index contributed by atoms with van der Waals surface area (Å²) in [5.41, 5.74) is 6.54. The van der Waals surface area contributed by atoms with E-state index >= 15 is 0 Å². The summed E-state index contributed by atoms with van der Waals surface area (Å²) in [6.07, 6.45) is 4.35. The molecule has 1 N–H and O–H groups in total. The summed E-state index contributed by atoms with van der Waals surface area (Å²) in [5.74, 6) is 0. The highest BCUT2D eigenvalue weighted by Crippen LogP contribution is 2.36. The molecule has 1 aromatic heterocycles. The fourth-order valence-corrected chi connectivity index (χ4v) is 3.31. The molecule has 0 aliphatic carbocycles. The molecule has 0 amide bonds. The highest BCUT2D eigenvalue weighted by molar-refractivity contribution is 5.66. The molecule has 0 radical (unpaired) electrons. The molecule has 1 atom stereocenters. The van der Waals surface area contributed by atoms with Gasteiger partial charge in [0.2, 0.25) is 0 Å². The van der Waals surface area contributed by atoms with E-state index in [0.717, 1.165) is 12.8 Å². The lowest BCUT2D eigenvalue weighted by molar-refractivity contribution is 0.646. The number of aryl methyl sites for hydroxylation is 2. The van der Waals surface area contributed by atoms with E-state index in [1.165, 1.54) is 28.2 Å². The van der Waals surface area contributed by atoms with Gasteiger partial charge in [-0.3, -0.25) is 0 Å². The molecule has 0 fully saturated rings. The average Bonchev–Trinajstić information content (AvgIpc) is 3.03. The molecule has 1 unspecified atom stereocenters. The summed E-state index contributed by atoms with van der Waals surface area (Å²) in [7, 11) is 0. The van der Waals surface area contributed by atoms with Gasteiger partial charge < -0.3 is 9.88 Å². The maximum atomic E-state index is 3.73. The Morgan fingerprint density at radius 1 is 1.00 bits per heavy atom. The predicted octanol–water partition coefficient (Wildman–Crippen LogP) is 4.89. The molecular formula is C20H20N2. The minimum atomic E-state index is 0.365. The summed E-state index contributed by atoms with van der Waals surface area (Å²) in [6, 6.07) is 22.1. The summed E-state index contributed by atoms with van der Waals surface area (Å²) in [6.45, 7) is 2.14. The minimum Gasteiger partial charge on any atom is -0.375 e. The van der Waals surface area contributed by atoms with Crippen molar-refractivity contribution in [2.24, 2.45) is 0 Å². The number of rotatable bonds is 3. The number of hydrogen-bond donors (Lipinski definition) is 1. The second-order valence-corrected chi connectivity index (χ2v) is 6.04. The van der Waals surface area contributed by atoms with Crippen LogP contribution in [-0.2, 0) is 6.42 Å². The van der Waals surface area contributed by atoms with Gasteiger partial charge in [0, 0.05) is 11.9 Å². The van der Waals surface area contributed by atoms with Crippen LogP contribution in [0.15, 0.2) is 66.9 Å². The van der Waals surface area contributed by atoms with E-state index in [-0.39, 0.29) is 0 Å². The lowest BCUT2D eigenvalue weighted by Gasteiger charge is -2.29. The number of anilines is 1. The molecule has 110 valence electrons. The van der Waals surface area contributed by atoms with Crippen LogP contribution in [0.4, 0.5) is 5.69 Å². The fourth-order valence-electron chi connectivity index (χ4n) is 3.31. The Labute approximate surface area is 131 Å². The fraction of sp³-hybridized carbons (Fsp3) is 0.200. The zero-order valence-corrected chi connectivity index (χ0v) is 12.8. The lowest BCUT2D eigenvalue weighted by Crippen LogP contribution is -2.21. The zero-order valence-electron chi connectivity index (χ0n) is 12.8. The monoisotopic (exact) mass is 288 g/mol. The Morgan fingerprint density at radius 3 is 2.73 bits per heavy atom. The second kappa shape index (κ2) is 5.38. The topological polar surface area (TPSA) is 17.0 Å². The van der Waals surface area contributed by atoms with Crippen LogP contribution in [-0.4, -0.2) is 4.57 Å². The van der Waals surface area contributed by atoms with Gasteiger partial charge in [0.05, 0.1) is 17.4 Å². The average molecular weight is 288 g/mol. The van der Waals surface area contributed by atoms with Gasteiger partial charge >= 0.3 is 0 Å². The first kappa shape index (κ1) is 13.2. The van der Waals surface area contributed by atoms with Crippen molar-refractivity contribution < 1.29 is 0 Å². The molecule has 4 rings (SSSR count). The molecular weight excluding hydrogens is 268 g/mol. The molecule has 3 aromatic rings. The van der Waals surface area contributed by atoms with Crippen molar-refractivity contribution in [3.8, 4) is 5.69 Å². The van der Waals surface area contributed by atoms with Crippen molar-refractivity contribution in [3.05, 3.63) is 83.7 Å². The van der Waals surface area contributed by atoms with Crippen molar-refractivity contribution in [1.82, 2.24) is 4.57 Å². The number of benzene rings is 2. The highest BCUT2D eigenvalue weighted by atomic mass is 15.1. The predicted molar refractivity (Wildman–Crippen MR) is 91.6 cm³/mol. The second-order valence-electron chi connectivity index (χ2n) is 6.04. The SMILES string of the molecule is Cc1ccc2c(c1)NC(CCc1ccccc1)c1cccn1-2. The zero-order chi connectivity index (χ0) is 14.9. The maximum absolute atomic E-state index is 3.73. The van der Waals surface area contributed by atoms with Crippen LogP contribution in [0.25, 0.3) is 5.69 Å². The molecule has 2 heterocycles. The number of hydrogen-bond acceptors (Lipinski definition) is 1. The lowest BCUT2D eigenvalue weighted by atomic mass is 10.00. The van der Waals surface area contributed by atoms with Crippen LogP contribution in [0.1, 0.15) is 29.3 Å². The third kappa shape index (κ3) is 2.31. The first-order chi connectivity index (χ1) is 10.8. The van der Waals surface area contributed by atoms with Gasteiger partial charge in [-0.2, -0.15) is 0 Å². The summed E-state index contributed by atoms with van der Waals surface area (Å²) in [5, 5.41) is 3.73. The van der Waals surface area contributed by atoms with Gasteiger partial charge in [0.15, 0.2) is 0 Å². The Balaban J connectivity index is 1.63. The van der Waals surface area contributed by atoms with Gasteiger partial charge in [-0.15, -0.1) is 0 Å². The van der Waals surface area contributed by atoms with Crippen LogP contribution in [0, 0.1) is 6.92 Å². The molecule has 2 aromatic carbocycles. The number of nitrogens with zero attached hydrogens (tertiary/aromatic N) is 1. The quantitative estimate of drug-likeness (QED) is 0.726. The highest BCUT2D eigenvalue weighted by Gasteiger charge is 2.23. The normalized spacial score (nSPS) is 15.8. The van der Waals surface area contributed by atoms with Crippen LogP contribution >= 0.6 is 0 Å². The van der Waals surface area contributed by atoms with E-state index in [1.807, 2.05) is 0 Å². The smallest absolute Gasteiger partial charge is 0.0686 e. The van der Waals surface area contributed by atoms with Gasteiger partial charge in [-0.05, 0) is 55.2 Å². The summed E-state index contributed by atoms with van der Waals surface area (Å²) < 4.78 is 2.32. The number of fused-ring (bicyclic) bond motifs is 3. The minimum absolute atomic E-state index is 0.365. The van der Waals surface area contributed by atoms with Crippen molar-refractivity contribution in [1.29, 1.82) is 0 Å². The van der Waals surface area contributed by atoms with Crippen LogP contribution in [0.2, 0.25) is 0 Å². The van der Waals surface area contributed by atoms with Gasteiger partial charge in [0.25, 0.3) is 0 Å². The number of aromatic nitrogens is 1. The van der Waals surface area contributed by atoms with Crippen molar-refractivity contribution in [2.45, 2.75) is 25.8 Å². The van der Waals surface area contributed by atoms with E-state index in [4.69, 9.17) is 0 Å². The van der Waals surface area contributed by atoms with E-state index in [1.54, 1.807) is 0 Å². The summed E-state index contributed by atoms with van der Waals surface area (Å²) >= 11 is 0. The summed E-state index contributed by atoms with van der Waals surface area (Å²) in [4.78, 5) is 0. The molecule has 1 aliphatic heterocycles. The van der Waals surface area contributed by atoms with E-state index in [2.05, 4.69) is 83.7 Å². The standard InChI is InChI=1S/C20H20N2/c1-15-9-12-20-18(14-15)21-17(19-8-5-13-22(19)20)11-10-16-6-3-2-4-7-16/h2-9,12-14,17,21H,10-11H2,1H3. The van der Waals surface area contributed by atoms with Crippen molar-refractivity contribution in [2.75, 3.05) is 5.32 Å². The Hall–Kier alpha value is -2.48. The molecule has 0 saturated heterocycles. The number of nitrogens with one attached hydrogen (secondary N) is 1. The molecule has 0 bridgehead atoms. The first-order valence-electron chi connectivity index (χ1n) is 7.90. The third-order valence-corrected chi connectivity index (χ3v) is 4.44. The Bertz CT molecular complexity index is 786. The van der Waals surface area contributed by atoms with Gasteiger partial charge in [0.1, 0.15) is 0 Å². The van der Waals surface area contributed by atoms with Crippen molar-refractivity contribution >= 4 is 5.69 Å². The van der Waals surface area contributed by atoms with Crippen molar-refractivity contribution in [3.63, 3.8) is 0 Å². The molecule has 0 saturated carbocycles. The molecule has 22 heavy (non-hydrogen) atoms. The maximum Gasteiger partial charge on any atom is 0.0686 e. The first-order valence-corrected chi connectivity index (χ1v) is 7.90. The van der Waals surface area contributed by atoms with Crippen LogP contribution in [0.5, 0.6) is 0 Å². The molecule has 2 heteroatoms.